The van der Waals surface area contributed by atoms with Crippen LogP contribution in [-0.4, -0.2) is 17.1 Å². The van der Waals surface area contributed by atoms with E-state index < -0.39 is 12.1 Å². The molecule has 0 aromatic heterocycles. The average molecular weight is 209 g/mol. The van der Waals surface area contributed by atoms with E-state index in [0.717, 1.165) is 6.04 Å². The summed E-state index contributed by atoms with van der Waals surface area (Å²) in [5, 5.41) is 19.1. The molecule has 0 aliphatic heterocycles. The van der Waals surface area contributed by atoms with Crippen molar-refractivity contribution in [1.29, 1.82) is 0 Å². The Labute approximate surface area is 88.3 Å². The Morgan fingerprint density at radius 3 is 2.20 bits per heavy atom. The quantitative estimate of drug-likeness (QED) is 0.645. The molecule has 15 heavy (non-hydrogen) atoms. The summed E-state index contributed by atoms with van der Waals surface area (Å²) in [6.45, 7) is 0. The second-order valence-electron chi connectivity index (χ2n) is 3.58. The fourth-order valence-electron chi connectivity index (χ4n) is 0.889. The van der Waals surface area contributed by atoms with Crippen LogP contribution < -0.4 is 10.8 Å². The third-order valence-corrected chi connectivity index (χ3v) is 2.04. The predicted molar refractivity (Wildman–Crippen MR) is 52.3 cm³/mol. The van der Waals surface area contributed by atoms with Gasteiger partial charge in [-0.15, -0.1) is 0 Å². The highest BCUT2D eigenvalue weighted by molar-refractivity contribution is 5.71. The van der Waals surface area contributed by atoms with E-state index in [1.54, 1.807) is 18.2 Å². The van der Waals surface area contributed by atoms with Crippen molar-refractivity contribution in [3.8, 4) is 0 Å². The number of aliphatic carboxylic acids is 1. The molecule has 1 fully saturated rings. The zero-order chi connectivity index (χ0) is 11.3. The summed E-state index contributed by atoms with van der Waals surface area (Å²) in [6.07, 6.45) is 1.23. The van der Waals surface area contributed by atoms with Crippen LogP contribution in [0.25, 0.3) is 0 Å². The van der Waals surface area contributed by atoms with E-state index in [0.29, 0.717) is 5.56 Å². The van der Waals surface area contributed by atoms with E-state index in [1.165, 1.54) is 25.0 Å². The highest BCUT2D eigenvalue weighted by atomic mass is 16.4. The minimum absolute atomic E-state index is 0.340. The average Bonchev–Trinajstić information content (AvgIpc) is 3.02. The summed E-state index contributed by atoms with van der Waals surface area (Å²) < 4.78 is 0. The van der Waals surface area contributed by atoms with Crippen molar-refractivity contribution < 1.29 is 20.7 Å². The van der Waals surface area contributed by atoms with E-state index in [1.807, 2.05) is 0 Å². The molecule has 4 heteroatoms. The number of aliphatic hydroxyl groups is 1. The molecule has 0 heterocycles. The largest absolute Gasteiger partial charge is 0.547 e. The van der Waals surface area contributed by atoms with Gasteiger partial charge in [0.2, 0.25) is 0 Å². The number of hydrogen-bond donors (Lipinski definition) is 2. The minimum Gasteiger partial charge on any atom is -0.547 e. The fraction of sp³-hybridized carbons (Fsp3) is 0.364. The maximum absolute atomic E-state index is 10.1. The van der Waals surface area contributed by atoms with Gasteiger partial charge in [-0.3, -0.25) is 0 Å². The van der Waals surface area contributed by atoms with Crippen LogP contribution in [0.15, 0.2) is 30.3 Å². The molecule has 0 spiro atoms. The molecule has 1 aromatic carbocycles. The molecule has 0 unspecified atom stereocenters. The van der Waals surface area contributed by atoms with E-state index in [9.17, 15) is 9.90 Å². The van der Waals surface area contributed by atoms with Crippen molar-refractivity contribution in [2.24, 2.45) is 0 Å². The lowest BCUT2D eigenvalue weighted by Gasteiger charge is -2.10. The fourth-order valence-corrected chi connectivity index (χ4v) is 0.889. The van der Waals surface area contributed by atoms with Gasteiger partial charge < -0.3 is 20.7 Å². The summed E-state index contributed by atoms with van der Waals surface area (Å²) >= 11 is 0. The van der Waals surface area contributed by atoms with Gasteiger partial charge in [-0.2, -0.15) is 0 Å². The van der Waals surface area contributed by atoms with Crippen LogP contribution in [0, 0.1) is 0 Å². The van der Waals surface area contributed by atoms with Gasteiger partial charge >= 0.3 is 0 Å². The van der Waals surface area contributed by atoms with Gasteiger partial charge in [0.05, 0.1) is 12.0 Å². The number of quaternary nitrogens is 1. The van der Waals surface area contributed by atoms with Crippen LogP contribution in [0.3, 0.4) is 0 Å². The number of carbonyl (C=O) groups excluding carboxylic acids is 1. The number of benzene rings is 1. The SMILES string of the molecule is O=C([O-])[C@H](O)c1ccccc1.[NH3+]C1CC1. The summed E-state index contributed by atoms with van der Waals surface area (Å²) in [7, 11) is 0. The topological polar surface area (TPSA) is 88.0 Å². The minimum atomic E-state index is -1.52. The molecule has 0 radical (unpaired) electrons. The van der Waals surface area contributed by atoms with Crippen LogP contribution >= 0.6 is 0 Å². The lowest BCUT2D eigenvalue weighted by molar-refractivity contribution is -0.384. The molecule has 0 amide bonds. The first-order valence-corrected chi connectivity index (χ1v) is 4.88. The summed E-state index contributed by atoms with van der Waals surface area (Å²) in [6, 6.07) is 8.94. The molecule has 1 saturated carbocycles. The Bertz CT molecular complexity index is 309. The van der Waals surface area contributed by atoms with Crippen molar-refractivity contribution in [2.75, 3.05) is 0 Å². The first kappa shape index (κ1) is 11.7. The number of rotatable bonds is 2. The van der Waals surface area contributed by atoms with Crippen molar-refractivity contribution in [3.63, 3.8) is 0 Å². The normalized spacial score (nSPS) is 16.1. The zero-order valence-electron chi connectivity index (χ0n) is 8.43. The lowest BCUT2D eigenvalue weighted by Crippen LogP contribution is -2.52. The number of carbonyl (C=O) groups is 1. The highest BCUT2D eigenvalue weighted by Gasteiger charge is 2.18. The first-order chi connectivity index (χ1) is 7.11. The van der Waals surface area contributed by atoms with E-state index in [4.69, 9.17) is 5.11 Å². The molecule has 2 rings (SSSR count). The Hall–Kier alpha value is -1.39. The van der Waals surface area contributed by atoms with Gasteiger partial charge in [0.15, 0.2) is 0 Å². The molecule has 0 bridgehead atoms. The van der Waals surface area contributed by atoms with Crippen molar-refractivity contribution in [1.82, 2.24) is 0 Å². The highest BCUT2D eigenvalue weighted by Crippen LogP contribution is 2.11. The molecular formula is C11H15NO3. The van der Waals surface area contributed by atoms with Crippen LogP contribution in [0.1, 0.15) is 24.5 Å². The molecule has 82 valence electrons. The van der Waals surface area contributed by atoms with Crippen molar-refractivity contribution in [3.05, 3.63) is 35.9 Å². The van der Waals surface area contributed by atoms with Crippen LogP contribution in [0.5, 0.6) is 0 Å². The van der Waals surface area contributed by atoms with Gasteiger partial charge in [0.1, 0.15) is 6.10 Å². The number of carboxylic acids is 1. The maximum atomic E-state index is 10.1. The van der Waals surface area contributed by atoms with Crippen LogP contribution in [0.2, 0.25) is 0 Å². The van der Waals surface area contributed by atoms with Gasteiger partial charge in [0, 0.05) is 12.8 Å². The second kappa shape index (κ2) is 5.48. The summed E-state index contributed by atoms with van der Waals surface area (Å²) in [5.41, 5.74) is 4.09. The molecular weight excluding hydrogens is 194 g/mol. The maximum Gasteiger partial charge on any atom is 0.118 e. The monoisotopic (exact) mass is 209 g/mol. The molecule has 0 saturated heterocycles. The number of aliphatic hydroxyl groups excluding tert-OH is 1. The molecule has 1 aliphatic carbocycles. The van der Waals surface area contributed by atoms with Gasteiger partial charge in [-0.1, -0.05) is 30.3 Å². The van der Waals surface area contributed by atoms with Crippen molar-refractivity contribution in [2.45, 2.75) is 25.0 Å². The first-order valence-electron chi connectivity index (χ1n) is 4.88. The Morgan fingerprint density at radius 2 is 1.87 bits per heavy atom. The third-order valence-electron chi connectivity index (χ3n) is 2.04. The van der Waals surface area contributed by atoms with Gasteiger partial charge in [-0.05, 0) is 5.56 Å². The summed E-state index contributed by atoms with van der Waals surface area (Å²) in [5.74, 6) is -1.48. The van der Waals surface area contributed by atoms with E-state index in [2.05, 4.69) is 5.73 Å². The van der Waals surface area contributed by atoms with Crippen LogP contribution in [0.4, 0.5) is 0 Å². The van der Waals surface area contributed by atoms with Gasteiger partial charge in [-0.25, -0.2) is 0 Å². The molecule has 4 N–H and O–H groups in total. The predicted octanol–water partition coefficient (Wildman–Crippen LogP) is -1.14. The number of carboxylic acid groups (broad SMARTS) is 1. The molecule has 1 aliphatic rings. The second-order valence-corrected chi connectivity index (χ2v) is 3.58. The molecule has 1 atom stereocenters. The van der Waals surface area contributed by atoms with Crippen LogP contribution in [-0.2, 0) is 4.79 Å². The smallest absolute Gasteiger partial charge is 0.118 e. The molecule has 1 aromatic rings. The van der Waals surface area contributed by atoms with E-state index in [-0.39, 0.29) is 0 Å². The summed E-state index contributed by atoms with van der Waals surface area (Å²) in [4.78, 5) is 10.1. The van der Waals surface area contributed by atoms with Gasteiger partial charge in [0.25, 0.3) is 0 Å². The molecule has 4 nitrogen and oxygen atoms in total. The standard InChI is InChI=1S/C8H8O3.C3H7N/c9-7(8(10)11)6-4-2-1-3-5-6;4-3-1-2-3/h1-5,7,9H,(H,10,11);3H,1-2,4H2/t7-;/m1./s1. The van der Waals surface area contributed by atoms with Crippen molar-refractivity contribution >= 4 is 5.97 Å². The Kier molecular flexibility index (Phi) is 4.27. The Balaban J connectivity index is 0.000000234. The zero-order valence-corrected chi connectivity index (χ0v) is 8.43. The third kappa shape index (κ3) is 4.58. The lowest BCUT2D eigenvalue weighted by atomic mass is 10.1. The number of hydrogen-bond acceptors (Lipinski definition) is 3. The Morgan fingerprint density at radius 1 is 1.40 bits per heavy atom. The van der Waals surface area contributed by atoms with E-state index >= 15 is 0 Å².